The zero-order chi connectivity index (χ0) is 25.0. The third-order valence-electron chi connectivity index (χ3n) is 5.52. The molecule has 180 valence electrons. The Morgan fingerprint density at radius 2 is 1.43 bits per heavy atom. The summed E-state index contributed by atoms with van der Waals surface area (Å²) >= 11 is 18.5. The van der Waals surface area contributed by atoms with Crippen LogP contribution in [0.3, 0.4) is 0 Å². The minimum Gasteiger partial charge on any atom is -0.351 e. The molecule has 0 heterocycles. The smallest absolute Gasteiger partial charge is 0.243 e. The van der Waals surface area contributed by atoms with Crippen molar-refractivity contribution < 1.29 is 13.2 Å². The van der Waals surface area contributed by atoms with Crippen molar-refractivity contribution in [3.05, 3.63) is 111 Å². The Morgan fingerprint density at radius 1 is 0.800 bits per heavy atom. The molecule has 0 fully saturated rings. The van der Waals surface area contributed by atoms with E-state index >= 15 is 0 Å². The van der Waals surface area contributed by atoms with Gasteiger partial charge in [0.1, 0.15) is 0 Å². The lowest BCUT2D eigenvalue weighted by Crippen LogP contribution is -2.40. The molecular weight excluding hydrogens is 527 g/mol. The van der Waals surface area contributed by atoms with Crippen LogP contribution in [0.1, 0.15) is 11.1 Å². The van der Waals surface area contributed by atoms with Crippen LogP contribution >= 0.6 is 34.8 Å². The maximum Gasteiger partial charge on any atom is 0.243 e. The molecule has 4 aromatic rings. The lowest BCUT2D eigenvalue weighted by atomic mass is 10.0. The van der Waals surface area contributed by atoms with Crippen molar-refractivity contribution in [1.82, 2.24) is 9.62 Å². The second-order valence-corrected chi connectivity index (χ2v) is 11.0. The molecule has 35 heavy (non-hydrogen) atoms. The van der Waals surface area contributed by atoms with Crippen LogP contribution in [0.4, 0.5) is 0 Å². The molecule has 1 N–H and O–H groups in total. The average Bonchev–Trinajstić information content (AvgIpc) is 2.84. The van der Waals surface area contributed by atoms with E-state index in [2.05, 4.69) is 5.32 Å². The highest BCUT2D eigenvalue weighted by Crippen LogP contribution is 2.28. The fraction of sp³-hybridized carbons (Fsp3) is 0.115. The number of carbonyl (C=O) groups excluding carboxylic acids is 1. The molecule has 4 rings (SSSR count). The Bertz CT molecular complexity index is 1450. The summed E-state index contributed by atoms with van der Waals surface area (Å²) < 4.78 is 28.0. The van der Waals surface area contributed by atoms with Gasteiger partial charge in [-0.3, -0.25) is 4.79 Å². The Kier molecular flexibility index (Phi) is 7.99. The van der Waals surface area contributed by atoms with Gasteiger partial charge in [-0.1, -0.05) is 83.3 Å². The first-order chi connectivity index (χ1) is 16.8. The van der Waals surface area contributed by atoms with Crippen LogP contribution in [-0.2, 0) is 27.9 Å². The second kappa shape index (κ2) is 11.0. The summed E-state index contributed by atoms with van der Waals surface area (Å²) in [6, 6.07) is 24.4. The van der Waals surface area contributed by atoms with Crippen molar-refractivity contribution in [2.75, 3.05) is 6.54 Å². The fourth-order valence-electron chi connectivity index (χ4n) is 3.70. The maximum absolute atomic E-state index is 13.5. The van der Waals surface area contributed by atoms with E-state index in [1.54, 1.807) is 18.2 Å². The van der Waals surface area contributed by atoms with E-state index in [0.29, 0.717) is 20.6 Å². The molecule has 4 aromatic carbocycles. The predicted molar refractivity (Wildman–Crippen MR) is 141 cm³/mol. The monoisotopic (exact) mass is 546 g/mol. The molecular formula is C26H21Cl3N2O3S. The minimum absolute atomic E-state index is 0.00642. The van der Waals surface area contributed by atoms with Gasteiger partial charge >= 0.3 is 0 Å². The molecule has 0 radical (unpaired) electrons. The number of carbonyl (C=O) groups is 1. The molecule has 0 aliphatic rings. The summed E-state index contributed by atoms with van der Waals surface area (Å²) in [7, 11) is -4.07. The first-order valence-corrected chi connectivity index (χ1v) is 13.2. The molecule has 5 nitrogen and oxygen atoms in total. The molecule has 0 unspecified atom stereocenters. The van der Waals surface area contributed by atoms with Crippen LogP contribution < -0.4 is 5.32 Å². The van der Waals surface area contributed by atoms with Gasteiger partial charge in [0.2, 0.25) is 15.9 Å². The van der Waals surface area contributed by atoms with E-state index in [1.807, 2.05) is 42.5 Å². The maximum atomic E-state index is 13.5. The molecule has 0 saturated carbocycles. The van der Waals surface area contributed by atoms with Crippen LogP contribution in [0.15, 0.2) is 89.8 Å². The van der Waals surface area contributed by atoms with E-state index in [-0.39, 0.29) is 18.0 Å². The molecule has 0 aliphatic carbocycles. The van der Waals surface area contributed by atoms with Gasteiger partial charge in [-0.2, -0.15) is 4.31 Å². The Labute approximate surface area is 219 Å². The van der Waals surface area contributed by atoms with Gasteiger partial charge in [0.15, 0.2) is 0 Å². The first kappa shape index (κ1) is 25.5. The van der Waals surface area contributed by atoms with Crippen LogP contribution in [0.5, 0.6) is 0 Å². The normalized spacial score (nSPS) is 11.7. The average molecular weight is 548 g/mol. The number of amides is 1. The van der Waals surface area contributed by atoms with Crippen LogP contribution in [0, 0.1) is 0 Å². The Morgan fingerprint density at radius 3 is 2.14 bits per heavy atom. The van der Waals surface area contributed by atoms with E-state index in [1.165, 1.54) is 24.3 Å². The topological polar surface area (TPSA) is 66.5 Å². The number of hydrogen-bond donors (Lipinski definition) is 1. The van der Waals surface area contributed by atoms with E-state index < -0.39 is 22.5 Å². The fourth-order valence-corrected chi connectivity index (χ4v) is 5.71. The summed E-state index contributed by atoms with van der Waals surface area (Å²) in [5, 5.41) is 5.93. The standard InChI is InChI=1S/C26H21Cl3N2O3S/c27-20-11-13-21(14-12-20)35(33,34)31(16-23-24(28)9-4-10-25(23)29)17-26(32)30-15-19-7-3-6-18-5-1-2-8-22(18)19/h1-14H,15-17H2,(H,30,32). The van der Waals surface area contributed by atoms with Gasteiger partial charge < -0.3 is 5.32 Å². The van der Waals surface area contributed by atoms with Crippen LogP contribution in [0.25, 0.3) is 10.8 Å². The predicted octanol–water partition coefficient (Wildman–Crippen LogP) is 6.31. The molecule has 0 aliphatic heterocycles. The summed E-state index contributed by atoms with van der Waals surface area (Å²) in [6.45, 7) is -0.343. The number of rotatable bonds is 8. The summed E-state index contributed by atoms with van der Waals surface area (Å²) in [5.41, 5.74) is 1.34. The van der Waals surface area contributed by atoms with E-state index in [9.17, 15) is 13.2 Å². The Hall–Kier alpha value is -2.61. The summed E-state index contributed by atoms with van der Waals surface area (Å²) in [4.78, 5) is 13.0. The molecule has 0 aromatic heterocycles. The van der Waals surface area contributed by atoms with Gasteiger partial charge in [-0.05, 0) is 52.7 Å². The van der Waals surface area contributed by atoms with Gasteiger partial charge in [-0.25, -0.2) is 8.42 Å². The molecule has 1 amide bonds. The number of benzene rings is 4. The first-order valence-electron chi connectivity index (χ1n) is 10.7. The zero-order valence-electron chi connectivity index (χ0n) is 18.4. The van der Waals surface area contributed by atoms with Crippen molar-refractivity contribution >= 4 is 61.5 Å². The quantitative estimate of drug-likeness (QED) is 0.281. The zero-order valence-corrected chi connectivity index (χ0v) is 21.5. The van der Waals surface area contributed by atoms with Crippen molar-refractivity contribution in [1.29, 1.82) is 0 Å². The number of hydrogen-bond acceptors (Lipinski definition) is 3. The largest absolute Gasteiger partial charge is 0.351 e. The van der Waals surface area contributed by atoms with Crippen molar-refractivity contribution in [2.45, 2.75) is 18.0 Å². The highest BCUT2D eigenvalue weighted by Gasteiger charge is 2.28. The van der Waals surface area contributed by atoms with Gasteiger partial charge in [0.05, 0.1) is 11.4 Å². The second-order valence-electron chi connectivity index (χ2n) is 7.84. The SMILES string of the molecule is O=C(CN(Cc1c(Cl)cccc1Cl)S(=O)(=O)c1ccc(Cl)cc1)NCc1cccc2ccccc12. The lowest BCUT2D eigenvalue weighted by molar-refractivity contribution is -0.121. The van der Waals surface area contributed by atoms with E-state index in [4.69, 9.17) is 34.8 Å². The third kappa shape index (κ3) is 5.97. The molecule has 0 atom stereocenters. The third-order valence-corrected chi connectivity index (χ3v) is 8.29. The summed E-state index contributed by atoms with van der Waals surface area (Å²) in [6.07, 6.45) is 0. The van der Waals surface area contributed by atoms with Crippen LogP contribution in [-0.4, -0.2) is 25.2 Å². The molecule has 0 saturated heterocycles. The van der Waals surface area contributed by atoms with Crippen molar-refractivity contribution in [2.24, 2.45) is 0 Å². The minimum atomic E-state index is -4.07. The van der Waals surface area contributed by atoms with Crippen molar-refractivity contribution in [3.8, 4) is 0 Å². The number of nitrogens with one attached hydrogen (secondary N) is 1. The lowest BCUT2D eigenvalue weighted by Gasteiger charge is -2.23. The van der Waals surface area contributed by atoms with Crippen LogP contribution in [0.2, 0.25) is 15.1 Å². The summed E-state index contributed by atoms with van der Waals surface area (Å²) in [5.74, 6) is -0.460. The van der Waals surface area contributed by atoms with Gasteiger partial charge in [0.25, 0.3) is 0 Å². The van der Waals surface area contributed by atoms with Crippen molar-refractivity contribution in [3.63, 3.8) is 0 Å². The van der Waals surface area contributed by atoms with Gasteiger partial charge in [-0.15, -0.1) is 0 Å². The molecule has 0 bridgehead atoms. The number of halogens is 3. The van der Waals surface area contributed by atoms with E-state index in [0.717, 1.165) is 20.6 Å². The highest BCUT2D eigenvalue weighted by atomic mass is 35.5. The molecule has 0 spiro atoms. The highest BCUT2D eigenvalue weighted by molar-refractivity contribution is 7.89. The number of fused-ring (bicyclic) bond motifs is 1. The van der Waals surface area contributed by atoms with Gasteiger partial charge in [0, 0.05) is 33.7 Å². The number of nitrogens with zero attached hydrogens (tertiary/aromatic N) is 1. The Balaban J connectivity index is 1.59. The molecule has 9 heteroatoms. The number of sulfonamides is 1.